The Morgan fingerprint density at radius 3 is 2.88 bits per heavy atom. The fourth-order valence-electron chi connectivity index (χ4n) is 2.78. The minimum Gasteiger partial charge on any atom is -0.482 e. The van der Waals surface area contributed by atoms with Gasteiger partial charge in [-0.15, -0.1) is 0 Å². The first kappa shape index (κ1) is 15.3. The Kier molecular flexibility index (Phi) is 3.65. The molecular weight excluding hydrogens is 320 g/mol. The summed E-state index contributed by atoms with van der Waals surface area (Å²) in [4.78, 5) is 23.8. The maximum absolute atomic E-state index is 12.5. The number of rotatable bonds is 3. The molecular formula is C19H16N2O4. The summed E-state index contributed by atoms with van der Waals surface area (Å²) in [6, 6.07) is 14.3. The third-order valence-electron chi connectivity index (χ3n) is 4.10. The van der Waals surface area contributed by atoms with Crippen molar-refractivity contribution >= 4 is 28.5 Å². The van der Waals surface area contributed by atoms with Crippen LogP contribution in [-0.4, -0.2) is 18.4 Å². The van der Waals surface area contributed by atoms with Gasteiger partial charge in [0, 0.05) is 10.9 Å². The lowest BCUT2D eigenvalue weighted by atomic mass is 10.1. The van der Waals surface area contributed by atoms with Crippen LogP contribution in [-0.2, 0) is 4.79 Å². The molecule has 0 saturated heterocycles. The number of fused-ring (bicyclic) bond motifs is 2. The lowest BCUT2D eigenvalue weighted by Crippen LogP contribution is -2.28. The van der Waals surface area contributed by atoms with Crippen LogP contribution < -0.4 is 15.4 Å². The third kappa shape index (κ3) is 2.94. The van der Waals surface area contributed by atoms with Gasteiger partial charge in [-0.3, -0.25) is 9.59 Å². The number of carbonyl (C=O) groups is 2. The van der Waals surface area contributed by atoms with E-state index in [1.165, 1.54) is 0 Å². The van der Waals surface area contributed by atoms with Crippen LogP contribution in [0.1, 0.15) is 29.1 Å². The minimum absolute atomic E-state index is 0.0482. The molecule has 126 valence electrons. The van der Waals surface area contributed by atoms with E-state index in [-0.39, 0.29) is 24.5 Å². The summed E-state index contributed by atoms with van der Waals surface area (Å²) in [5, 5.41) is 6.61. The number of hydrogen-bond acceptors (Lipinski definition) is 4. The van der Waals surface area contributed by atoms with Gasteiger partial charge in [-0.1, -0.05) is 18.2 Å². The molecule has 3 aromatic rings. The van der Waals surface area contributed by atoms with Crippen molar-refractivity contribution in [3.05, 3.63) is 59.9 Å². The summed E-state index contributed by atoms with van der Waals surface area (Å²) in [7, 11) is 0. The highest BCUT2D eigenvalue weighted by Crippen LogP contribution is 2.29. The number of nitrogens with one attached hydrogen (secondary N) is 2. The fraction of sp³-hybridized carbons (Fsp3) is 0.158. The van der Waals surface area contributed by atoms with Crippen molar-refractivity contribution in [2.75, 3.05) is 11.9 Å². The van der Waals surface area contributed by atoms with Crippen molar-refractivity contribution in [1.29, 1.82) is 0 Å². The average Bonchev–Trinajstić information content (AvgIpc) is 3.05. The van der Waals surface area contributed by atoms with Gasteiger partial charge in [0.05, 0.1) is 11.7 Å². The van der Waals surface area contributed by atoms with E-state index in [0.29, 0.717) is 22.8 Å². The van der Waals surface area contributed by atoms with Crippen LogP contribution in [0.15, 0.2) is 52.9 Å². The molecule has 0 fully saturated rings. The molecule has 4 rings (SSSR count). The van der Waals surface area contributed by atoms with Crippen LogP contribution in [0.2, 0.25) is 0 Å². The second-order valence-electron chi connectivity index (χ2n) is 5.93. The molecule has 0 aliphatic carbocycles. The fourth-order valence-corrected chi connectivity index (χ4v) is 2.78. The van der Waals surface area contributed by atoms with Gasteiger partial charge in [-0.2, -0.15) is 0 Å². The molecule has 1 aliphatic heterocycles. The second-order valence-corrected chi connectivity index (χ2v) is 5.93. The minimum atomic E-state index is -0.281. The van der Waals surface area contributed by atoms with Gasteiger partial charge < -0.3 is 19.8 Å². The third-order valence-corrected chi connectivity index (χ3v) is 4.10. The van der Waals surface area contributed by atoms with E-state index in [1.54, 1.807) is 18.2 Å². The molecule has 2 N–H and O–H groups in total. The predicted molar refractivity (Wildman–Crippen MR) is 92.7 cm³/mol. The Bertz CT molecular complexity index is 943. The second kappa shape index (κ2) is 5.98. The van der Waals surface area contributed by atoms with E-state index in [0.717, 1.165) is 11.0 Å². The van der Waals surface area contributed by atoms with Crippen molar-refractivity contribution in [3.63, 3.8) is 0 Å². The standard InChI is InChI=1S/C19H16N2O4/c1-11(16-8-12-4-2-3-5-15(12)25-16)20-19(23)13-6-7-14-17(9-13)24-10-18(22)21-14/h2-9,11H,10H2,1H3,(H,20,23)(H,21,22). The normalized spacial score (nSPS) is 14.4. The highest BCUT2D eigenvalue weighted by atomic mass is 16.5. The summed E-state index contributed by atoms with van der Waals surface area (Å²) >= 11 is 0. The molecule has 6 heteroatoms. The summed E-state index contributed by atoms with van der Waals surface area (Å²) in [5.74, 6) is 0.735. The number of carbonyl (C=O) groups excluding carboxylic acids is 2. The van der Waals surface area contributed by atoms with Crippen molar-refractivity contribution in [1.82, 2.24) is 5.32 Å². The topological polar surface area (TPSA) is 80.6 Å². The first-order valence-corrected chi connectivity index (χ1v) is 7.96. The first-order chi connectivity index (χ1) is 12.1. The lowest BCUT2D eigenvalue weighted by molar-refractivity contribution is -0.118. The van der Waals surface area contributed by atoms with Crippen LogP contribution in [0.3, 0.4) is 0 Å². The number of hydrogen-bond donors (Lipinski definition) is 2. The van der Waals surface area contributed by atoms with Crippen molar-refractivity contribution < 1.29 is 18.7 Å². The summed E-state index contributed by atoms with van der Waals surface area (Å²) in [6.07, 6.45) is 0. The zero-order chi connectivity index (χ0) is 17.4. The van der Waals surface area contributed by atoms with Crippen LogP contribution in [0.5, 0.6) is 5.75 Å². The first-order valence-electron chi connectivity index (χ1n) is 7.96. The van der Waals surface area contributed by atoms with Gasteiger partial charge in [0.25, 0.3) is 11.8 Å². The van der Waals surface area contributed by atoms with Gasteiger partial charge in [0.15, 0.2) is 6.61 Å². The van der Waals surface area contributed by atoms with E-state index in [2.05, 4.69) is 10.6 Å². The average molecular weight is 336 g/mol. The number of furan rings is 1. The maximum Gasteiger partial charge on any atom is 0.262 e. The maximum atomic E-state index is 12.5. The Hall–Kier alpha value is -3.28. The predicted octanol–water partition coefficient (Wildman–Crippen LogP) is 3.25. The van der Waals surface area contributed by atoms with Crippen LogP contribution in [0.25, 0.3) is 11.0 Å². The molecule has 25 heavy (non-hydrogen) atoms. The number of para-hydroxylation sites is 1. The Labute approximate surface area is 143 Å². The van der Waals surface area contributed by atoms with Gasteiger partial charge in [-0.05, 0) is 37.3 Å². The molecule has 1 unspecified atom stereocenters. The van der Waals surface area contributed by atoms with Crippen molar-refractivity contribution in [2.45, 2.75) is 13.0 Å². The van der Waals surface area contributed by atoms with Crippen molar-refractivity contribution in [3.8, 4) is 5.75 Å². The number of anilines is 1. The number of benzene rings is 2. The molecule has 0 spiro atoms. The molecule has 2 aromatic carbocycles. The molecule has 2 heterocycles. The molecule has 1 aliphatic rings. The number of amides is 2. The summed E-state index contributed by atoms with van der Waals surface area (Å²) < 4.78 is 11.1. The van der Waals surface area contributed by atoms with Gasteiger partial charge >= 0.3 is 0 Å². The molecule has 0 radical (unpaired) electrons. The van der Waals surface area contributed by atoms with E-state index < -0.39 is 0 Å². The van der Waals surface area contributed by atoms with E-state index in [9.17, 15) is 9.59 Å². The van der Waals surface area contributed by atoms with Gasteiger partial charge in [0.2, 0.25) is 0 Å². The molecule has 1 atom stereocenters. The zero-order valence-corrected chi connectivity index (χ0v) is 13.5. The molecule has 0 bridgehead atoms. The van der Waals surface area contributed by atoms with Crippen LogP contribution in [0.4, 0.5) is 5.69 Å². The van der Waals surface area contributed by atoms with Gasteiger partial charge in [-0.25, -0.2) is 0 Å². The molecule has 2 amide bonds. The van der Waals surface area contributed by atoms with E-state index in [4.69, 9.17) is 9.15 Å². The Morgan fingerprint density at radius 1 is 1.20 bits per heavy atom. The smallest absolute Gasteiger partial charge is 0.262 e. The SMILES string of the molecule is CC(NC(=O)c1ccc2c(c1)OCC(=O)N2)c1cc2ccccc2o1. The number of ether oxygens (including phenoxy) is 1. The zero-order valence-electron chi connectivity index (χ0n) is 13.5. The molecule has 1 aromatic heterocycles. The quantitative estimate of drug-likeness (QED) is 0.769. The highest BCUT2D eigenvalue weighted by molar-refractivity contribution is 5.99. The van der Waals surface area contributed by atoms with Crippen LogP contribution in [0, 0.1) is 0 Å². The Balaban J connectivity index is 1.52. The molecule has 0 saturated carbocycles. The Morgan fingerprint density at radius 2 is 2.04 bits per heavy atom. The lowest BCUT2D eigenvalue weighted by Gasteiger charge is -2.18. The summed E-state index contributed by atoms with van der Waals surface area (Å²) in [5.41, 5.74) is 1.81. The van der Waals surface area contributed by atoms with E-state index in [1.807, 2.05) is 37.3 Å². The largest absolute Gasteiger partial charge is 0.482 e. The van der Waals surface area contributed by atoms with Crippen molar-refractivity contribution in [2.24, 2.45) is 0 Å². The van der Waals surface area contributed by atoms with Crippen LogP contribution >= 0.6 is 0 Å². The van der Waals surface area contributed by atoms with E-state index >= 15 is 0 Å². The monoisotopic (exact) mass is 336 g/mol. The highest BCUT2D eigenvalue weighted by Gasteiger charge is 2.19. The van der Waals surface area contributed by atoms with Gasteiger partial charge in [0.1, 0.15) is 17.1 Å². The summed E-state index contributed by atoms with van der Waals surface area (Å²) in [6.45, 7) is 1.82. The molecule has 6 nitrogen and oxygen atoms in total.